The Hall–Kier alpha value is -0.0600. The number of hydrogen-bond acceptors (Lipinski definition) is 0. The third kappa shape index (κ3) is 2.84. The number of rotatable bonds is 2. The van der Waals surface area contributed by atoms with Crippen LogP contribution in [0, 0.1) is 0 Å². The van der Waals surface area contributed by atoms with Gasteiger partial charge in [0.1, 0.15) is 17.0 Å². The Balaban J connectivity index is 3.88. The summed E-state index contributed by atoms with van der Waals surface area (Å²) in [6.45, 7) is 0. The molecule has 0 saturated carbocycles. The van der Waals surface area contributed by atoms with E-state index in [1.807, 2.05) is 0 Å². The highest BCUT2D eigenvalue weighted by atomic mass is 79.9. The van der Waals surface area contributed by atoms with E-state index in [-0.39, 0.29) is 0 Å². The van der Waals surface area contributed by atoms with Gasteiger partial charge in [0, 0.05) is 0 Å². The van der Waals surface area contributed by atoms with Gasteiger partial charge in [-0.2, -0.15) is 0 Å². The molecule has 0 radical (unpaired) electrons. The Morgan fingerprint density at radius 1 is 1.44 bits per heavy atom. The lowest BCUT2D eigenvalue weighted by Gasteiger charge is -2.01. The zero-order chi connectivity index (χ0) is 7.44. The zero-order valence-corrected chi connectivity index (χ0v) is 5.71. The molecule has 0 aliphatic rings. The van der Waals surface area contributed by atoms with Crippen LogP contribution in [0.2, 0.25) is 0 Å². The van der Waals surface area contributed by atoms with Crippen molar-refractivity contribution in [3.05, 3.63) is 12.2 Å². The van der Waals surface area contributed by atoms with Crippen molar-refractivity contribution in [3.8, 4) is 0 Å². The third-order valence-electron chi connectivity index (χ3n) is 0.589. The first-order valence-electron chi connectivity index (χ1n) is 1.97. The molecular formula is C4H3BrF4. The van der Waals surface area contributed by atoms with Crippen LogP contribution >= 0.6 is 15.9 Å². The molecule has 5 heteroatoms. The lowest BCUT2D eigenvalue weighted by molar-refractivity contribution is 0.149. The molecule has 0 fully saturated rings. The van der Waals surface area contributed by atoms with Crippen LogP contribution in [-0.4, -0.2) is 11.3 Å². The maximum atomic E-state index is 11.7. The quantitative estimate of drug-likeness (QED) is 0.482. The lowest BCUT2D eigenvalue weighted by Crippen LogP contribution is -2.09. The van der Waals surface area contributed by atoms with Crippen LogP contribution in [-0.2, 0) is 0 Å². The SMILES string of the molecule is FC=C(F)C(Br)C(F)F. The first kappa shape index (κ1) is 8.94. The van der Waals surface area contributed by atoms with Crippen molar-refractivity contribution in [2.45, 2.75) is 11.3 Å². The smallest absolute Gasteiger partial charge is 0.213 e. The van der Waals surface area contributed by atoms with Gasteiger partial charge in [0.15, 0.2) is 0 Å². The fraction of sp³-hybridized carbons (Fsp3) is 0.500. The van der Waals surface area contributed by atoms with Crippen LogP contribution in [0.4, 0.5) is 17.6 Å². The van der Waals surface area contributed by atoms with Crippen molar-refractivity contribution >= 4 is 15.9 Å². The number of allylic oxidation sites excluding steroid dienone is 1. The molecule has 0 heterocycles. The Morgan fingerprint density at radius 3 is 2.00 bits per heavy atom. The van der Waals surface area contributed by atoms with Crippen molar-refractivity contribution in [2.75, 3.05) is 0 Å². The average Bonchev–Trinajstić information content (AvgIpc) is 1.84. The third-order valence-corrected chi connectivity index (χ3v) is 1.43. The number of hydrogen-bond donors (Lipinski definition) is 0. The van der Waals surface area contributed by atoms with E-state index < -0.39 is 23.4 Å². The normalized spacial score (nSPS) is 16.4. The van der Waals surface area contributed by atoms with Crippen molar-refractivity contribution in [1.29, 1.82) is 0 Å². The predicted molar refractivity (Wildman–Crippen MR) is 29.0 cm³/mol. The first-order chi connectivity index (χ1) is 4.09. The van der Waals surface area contributed by atoms with E-state index in [0.29, 0.717) is 0 Å². The summed E-state index contributed by atoms with van der Waals surface area (Å²) in [6, 6.07) is 0. The standard InChI is InChI=1S/C4H3BrF4/c5-3(4(8)9)2(7)1-6/h1,3-4H. The first-order valence-corrected chi connectivity index (χ1v) is 2.89. The summed E-state index contributed by atoms with van der Waals surface area (Å²) in [4.78, 5) is -1.82. The van der Waals surface area contributed by atoms with Gasteiger partial charge in [0.25, 0.3) is 6.43 Å². The van der Waals surface area contributed by atoms with E-state index in [1.165, 1.54) is 0 Å². The van der Waals surface area contributed by atoms with Crippen molar-refractivity contribution < 1.29 is 17.6 Å². The van der Waals surface area contributed by atoms with Crippen molar-refractivity contribution in [3.63, 3.8) is 0 Å². The van der Waals surface area contributed by atoms with E-state index >= 15 is 0 Å². The molecule has 0 bridgehead atoms. The topological polar surface area (TPSA) is 0 Å². The molecule has 0 aliphatic carbocycles. The Labute approximate surface area is 57.7 Å². The fourth-order valence-corrected chi connectivity index (χ4v) is 0.280. The molecule has 0 rings (SSSR count). The van der Waals surface area contributed by atoms with Crippen molar-refractivity contribution in [1.82, 2.24) is 0 Å². The molecule has 0 saturated heterocycles. The second kappa shape index (κ2) is 3.87. The van der Waals surface area contributed by atoms with Gasteiger partial charge in [-0.15, -0.1) is 0 Å². The highest BCUT2D eigenvalue weighted by molar-refractivity contribution is 9.09. The predicted octanol–water partition coefficient (Wildman–Crippen LogP) is 2.80. The van der Waals surface area contributed by atoms with E-state index in [0.717, 1.165) is 0 Å². The van der Waals surface area contributed by atoms with Gasteiger partial charge >= 0.3 is 0 Å². The number of alkyl halides is 3. The van der Waals surface area contributed by atoms with Gasteiger partial charge in [0.2, 0.25) is 0 Å². The van der Waals surface area contributed by atoms with Crippen LogP contribution in [0.15, 0.2) is 12.2 Å². The Bertz CT molecular complexity index is 111. The minimum absolute atomic E-state index is 0.494. The summed E-state index contributed by atoms with van der Waals surface area (Å²) >= 11 is 2.23. The maximum absolute atomic E-state index is 11.7. The molecule has 0 N–H and O–H groups in total. The fourth-order valence-electron chi connectivity index (χ4n) is 0.181. The summed E-state index contributed by atoms with van der Waals surface area (Å²) in [5.74, 6) is -1.50. The van der Waals surface area contributed by atoms with Crippen LogP contribution in [0.1, 0.15) is 0 Å². The molecule has 1 atom stereocenters. The highest BCUT2D eigenvalue weighted by Gasteiger charge is 2.21. The second-order valence-corrected chi connectivity index (χ2v) is 2.22. The highest BCUT2D eigenvalue weighted by Crippen LogP contribution is 2.20. The molecule has 54 valence electrons. The van der Waals surface area contributed by atoms with Gasteiger partial charge in [-0.05, 0) is 0 Å². The summed E-state index contributed by atoms with van der Waals surface area (Å²) in [6.07, 6.45) is -3.41. The van der Waals surface area contributed by atoms with Crippen LogP contribution in [0.5, 0.6) is 0 Å². The Kier molecular flexibility index (Phi) is 3.84. The minimum atomic E-state index is -2.92. The molecule has 0 aromatic carbocycles. The molecule has 0 aromatic rings. The summed E-state index contributed by atoms with van der Waals surface area (Å²) < 4.78 is 45.6. The van der Waals surface area contributed by atoms with Crippen LogP contribution in [0.25, 0.3) is 0 Å². The van der Waals surface area contributed by atoms with Gasteiger partial charge in [-0.1, -0.05) is 15.9 Å². The van der Waals surface area contributed by atoms with E-state index in [9.17, 15) is 17.6 Å². The number of halogens is 5. The zero-order valence-electron chi connectivity index (χ0n) is 4.12. The molecule has 0 spiro atoms. The summed E-state index contributed by atoms with van der Waals surface area (Å²) in [5.41, 5.74) is 0. The average molecular weight is 207 g/mol. The monoisotopic (exact) mass is 206 g/mol. The van der Waals surface area contributed by atoms with E-state index in [1.54, 1.807) is 0 Å². The van der Waals surface area contributed by atoms with Gasteiger partial charge < -0.3 is 0 Å². The largest absolute Gasteiger partial charge is 0.257 e. The molecule has 0 aliphatic heterocycles. The van der Waals surface area contributed by atoms with Crippen LogP contribution < -0.4 is 0 Å². The molecular weight excluding hydrogens is 204 g/mol. The van der Waals surface area contributed by atoms with Gasteiger partial charge in [-0.25, -0.2) is 17.6 Å². The Morgan fingerprint density at radius 2 is 1.89 bits per heavy atom. The van der Waals surface area contributed by atoms with Gasteiger partial charge in [-0.3, -0.25) is 0 Å². The summed E-state index contributed by atoms with van der Waals surface area (Å²) in [5, 5.41) is 0. The van der Waals surface area contributed by atoms with Crippen LogP contribution in [0.3, 0.4) is 0 Å². The lowest BCUT2D eigenvalue weighted by atomic mass is 10.4. The van der Waals surface area contributed by atoms with Gasteiger partial charge in [0.05, 0.1) is 0 Å². The molecule has 0 amide bonds. The summed E-state index contributed by atoms with van der Waals surface area (Å²) in [7, 11) is 0. The van der Waals surface area contributed by atoms with E-state index in [2.05, 4.69) is 15.9 Å². The minimum Gasteiger partial charge on any atom is -0.213 e. The molecule has 0 nitrogen and oxygen atoms in total. The van der Waals surface area contributed by atoms with Crippen molar-refractivity contribution in [2.24, 2.45) is 0 Å². The van der Waals surface area contributed by atoms with E-state index in [4.69, 9.17) is 0 Å². The maximum Gasteiger partial charge on any atom is 0.257 e. The molecule has 1 unspecified atom stereocenters. The molecule has 0 aromatic heterocycles. The molecule has 9 heavy (non-hydrogen) atoms. The second-order valence-electron chi connectivity index (χ2n) is 1.23.